The standard InChI is InChI=1S/C23H32N4O4S/c1-16-20-7-6-19(32(3,29)30)15-21(20)25-23(24-16)27-11-4-5-18(10-14-27)26-12-8-17(9-13-26)22(28)31-2/h6-7,15,17-18H,4-5,8-14H2,1-3H3/t18-/m0/s1. The molecule has 0 N–H and O–H groups in total. The lowest BCUT2D eigenvalue weighted by Gasteiger charge is -2.36. The number of ether oxygens (including phenoxy) is 1. The second-order valence-electron chi connectivity index (χ2n) is 8.97. The maximum absolute atomic E-state index is 12.0. The molecule has 8 nitrogen and oxygen atoms in total. The fourth-order valence-electron chi connectivity index (χ4n) is 4.94. The molecule has 3 heterocycles. The molecule has 2 aliphatic rings. The molecule has 0 bridgehead atoms. The summed E-state index contributed by atoms with van der Waals surface area (Å²) < 4.78 is 28.8. The van der Waals surface area contributed by atoms with Gasteiger partial charge in [0.05, 0.1) is 29.1 Å². The van der Waals surface area contributed by atoms with Gasteiger partial charge in [-0.05, 0) is 70.3 Å². The van der Waals surface area contributed by atoms with Crippen molar-refractivity contribution in [1.82, 2.24) is 14.9 Å². The van der Waals surface area contributed by atoms with Gasteiger partial charge >= 0.3 is 5.97 Å². The van der Waals surface area contributed by atoms with Gasteiger partial charge in [0.1, 0.15) is 0 Å². The first kappa shape index (κ1) is 22.9. The van der Waals surface area contributed by atoms with Crippen molar-refractivity contribution in [3.05, 3.63) is 23.9 Å². The molecular formula is C23H32N4O4S. The third-order valence-electron chi connectivity index (χ3n) is 6.84. The molecule has 0 saturated carbocycles. The van der Waals surface area contributed by atoms with Crippen molar-refractivity contribution >= 4 is 32.7 Å². The molecule has 2 saturated heterocycles. The normalized spacial score (nSPS) is 21.5. The molecule has 1 aromatic carbocycles. The molecule has 1 atom stereocenters. The van der Waals surface area contributed by atoms with Crippen molar-refractivity contribution in [3.8, 4) is 0 Å². The van der Waals surface area contributed by atoms with Crippen molar-refractivity contribution in [2.24, 2.45) is 5.92 Å². The first-order valence-electron chi connectivity index (χ1n) is 11.3. The minimum absolute atomic E-state index is 0.0318. The molecule has 2 aliphatic heterocycles. The Morgan fingerprint density at radius 3 is 2.50 bits per heavy atom. The first-order valence-corrected chi connectivity index (χ1v) is 13.2. The van der Waals surface area contributed by atoms with Crippen LogP contribution in [0.15, 0.2) is 23.1 Å². The average Bonchev–Trinajstić information content (AvgIpc) is 3.04. The number of fused-ring (bicyclic) bond motifs is 1. The fourth-order valence-corrected chi connectivity index (χ4v) is 5.58. The maximum Gasteiger partial charge on any atom is 0.308 e. The van der Waals surface area contributed by atoms with E-state index in [1.54, 1.807) is 18.2 Å². The summed E-state index contributed by atoms with van der Waals surface area (Å²) in [4.78, 5) is 26.3. The van der Waals surface area contributed by atoms with Crippen LogP contribution in [-0.2, 0) is 19.4 Å². The van der Waals surface area contributed by atoms with Crippen LogP contribution in [-0.4, -0.2) is 74.8 Å². The fraction of sp³-hybridized carbons (Fsp3) is 0.609. The Hall–Kier alpha value is -2.26. The molecule has 174 valence electrons. The highest BCUT2D eigenvalue weighted by Gasteiger charge is 2.30. The zero-order chi connectivity index (χ0) is 22.9. The molecule has 4 rings (SSSR count). The quantitative estimate of drug-likeness (QED) is 0.643. The van der Waals surface area contributed by atoms with Gasteiger partial charge in [0.25, 0.3) is 0 Å². The van der Waals surface area contributed by atoms with Gasteiger partial charge in [-0.25, -0.2) is 18.4 Å². The number of hydrogen-bond donors (Lipinski definition) is 0. The highest BCUT2D eigenvalue weighted by atomic mass is 32.2. The van der Waals surface area contributed by atoms with Crippen molar-refractivity contribution in [2.45, 2.75) is 50.0 Å². The van der Waals surface area contributed by atoms with Gasteiger partial charge in [0, 0.05) is 30.8 Å². The van der Waals surface area contributed by atoms with Crippen molar-refractivity contribution in [3.63, 3.8) is 0 Å². The zero-order valence-corrected chi connectivity index (χ0v) is 19.9. The van der Waals surface area contributed by atoms with E-state index in [1.807, 2.05) is 6.92 Å². The van der Waals surface area contributed by atoms with Crippen LogP contribution < -0.4 is 4.90 Å². The Kier molecular flexibility index (Phi) is 6.67. The van der Waals surface area contributed by atoms with E-state index in [2.05, 4.69) is 9.80 Å². The summed E-state index contributed by atoms with van der Waals surface area (Å²) in [6, 6.07) is 5.56. The molecule has 0 amide bonds. The summed E-state index contributed by atoms with van der Waals surface area (Å²) in [6.45, 7) is 5.55. The molecular weight excluding hydrogens is 428 g/mol. The number of benzene rings is 1. The smallest absolute Gasteiger partial charge is 0.308 e. The highest BCUT2D eigenvalue weighted by Crippen LogP contribution is 2.27. The Morgan fingerprint density at radius 2 is 1.81 bits per heavy atom. The number of likely N-dealkylation sites (tertiary alicyclic amines) is 1. The van der Waals surface area contributed by atoms with E-state index < -0.39 is 9.84 Å². The molecule has 2 aromatic rings. The monoisotopic (exact) mass is 460 g/mol. The Morgan fingerprint density at radius 1 is 1.06 bits per heavy atom. The molecule has 1 aromatic heterocycles. The van der Waals surface area contributed by atoms with E-state index in [4.69, 9.17) is 14.7 Å². The number of carbonyl (C=O) groups is 1. The molecule has 32 heavy (non-hydrogen) atoms. The third-order valence-corrected chi connectivity index (χ3v) is 7.95. The largest absolute Gasteiger partial charge is 0.469 e. The van der Waals surface area contributed by atoms with Gasteiger partial charge in [-0.2, -0.15) is 0 Å². The Bertz CT molecular complexity index is 1100. The topological polar surface area (TPSA) is 92.7 Å². The van der Waals surface area contributed by atoms with Gasteiger partial charge in [-0.15, -0.1) is 0 Å². The predicted molar refractivity (Wildman–Crippen MR) is 124 cm³/mol. The van der Waals surface area contributed by atoms with E-state index >= 15 is 0 Å². The number of hydrogen-bond acceptors (Lipinski definition) is 8. The van der Waals surface area contributed by atoms with Crippen LogP contribution >= 0.6 is 0 Å². The number of carbonyl (C=O) groups excluding carboxylic acids is 1. The number of aromatic nitrogens is 2. The summed E-state index contributed by atoms with van der Waals surface area (Å²) in [5, 5.41) is 0.877. The summed E-state index contributed by atoms with van der Waals surface area (Å²) >= 11 is 0. The zero-order valence-electron chi connectivity index (χ0n) is 19.1. The van der Waals surface area contributed by atoms with E-state index in [0.29, 0.717) is 17.5 Å². The van der Waals surface area contributed by atoms with E-state index in [-0.39, 0.29) is 16.8 Å². The number of piperidine rings is 1. The number of aryl methyl sites for hydroxylation is 1. The molecule has 9 heteroatoms. The van der Waals surface area contributed by atoms with Gasteiger partial charge in [-0.1, -0.05) is 0 Å². The first-order chi connectivity index (χ1) is 15.3. The number of anilines is 1. The second-order valence-corrected chi connectivity index (χ2v) is 11.0. The van der Waals surface area contributed by atoms with Gasteiger partial charge in [0.15, 0.2) is 9.84 Å². The molecule has 0 unspecified atom stereocenters. The molecule has 0 radical (unpaired) electrons. The molecule has 0 spiro atoms. The number of nitrogens with zero attached hydrogens (tertiary/aromatic N) is 4. The van der Waals surface area contributed by atoms with Crippen molar-refractivity contribution < 1.29 is 17.9 Å². The number of sulfone groups is 1. The van der Waals surface area contributed by atoms with E-state index in [1.165, 1.54) is 13.4 Å². The second kappa shape index (κ2) is 9.31. The van der Waals surface area contributed by atoms with Crippen LogP contribution in [0.5, 0.6) is 0 Å². The number of esters is 1. The number of rotatable bonds is 4. The van der Waals surface area contributed by atoms with Crippen LogP contribution in [0, 0.1) is 12.8 Å². The maximum atomic E-state index is 12.0. The van der Waals surface area contributed by atoms with Crippen LogP contribution in [0.1, 0.15) is 37.8 Å². The lowest BCUT2D eigenvalue weighted by molar-refractivity contribution is -0.147. The van der Waals surface area contributed by atoms with E-state index in [9.17, 15) is 13.2 Å². The number of methoxy groups -OCH3 is 1. The van der Waals surface area contributed by atoms with Crippen LogP contribution in [0.2, 0.25) is 0 Å². The summed E-state index contributed by atoms with van der Waals surface area (Å²) in [5.41, 5.74) is 1.52. The van der Waals surface area contributed by atoms with Gasteiger partial charge in [0.2, 0.25) is 5.95 Å². The average molecular weight is 461 g/mol. The lowest BCUT2D eigenvalue weighted by atomic mass is 9.94. The third kappa shape index (κ3) is 4.88. The van der Waals surface area contributed by atoms with E-state index in [0.717, 1.165) is 69.4 Å². The molecule has 0 aliphatic carbocycles. The Labute approximate surface area is 189 Å². The van der Waals surface area contributed by atoms with Gasteiger partial charge in [-0.3, -0.25) is 4.79 Å². The SMILES string of the molecule is COC(=O)C1CCN([C@H]2CCCN(c3nc(C)c4ccc(S(C)(=O)=O)cc4n3)CC2)CC1. The Balaban J connectivity index is 1.47. The summed E-state index contributed by atoms with van der Waals surface area (Å²) in [7, 11) is -1.82. The van der Waals surface area contributed by atoms with Crippen molar-refractivity contribution in [1.29, 1.82) is 0 Å². The minimum Gasteiger partial charge on any atom is -0.469 e. The minimum atomic E-state index is -3.29. The molecule has 2 fully saturated rings. The lowest BCUT2D eigenvalue weighted by Crippen LogP contribution is -2.43. The predicted octanol–water partition coefficient (Wildman–Crippen LogP) is 2.59. The summed E-state index contributed by atoms with van der Waals surface area (Å²) in [6.07, 6.45) is 6.12. The van der Waals surface area contributed by atoms with Gasteiger partial charge < -0.3 is 14.5 Å². The van der Waals surface area contributed by atoms with Crippen LogP contribution in [0.4, 0.5) is 5.95 Å². The summed E-state index contributed by atoms with van der Waals surface area (Å²) in [5.74, 6) is 0.620. The highest BCUT2D eigenvalue weighted by molar-refractivity contribution is 7.90. The van der Waals surface area contributed by atoms with Crippen molar-refractivity contribution in [2.75, 3.05) is 44.4 Å². The van der Waals surface area contributed by atoms with Crippen LogP contribution in [0.3, 0.4) is 0 Å². The van der Waals surface area contributed by atoms with Crippen LogP contribution in [0.25, 0.3) is 10.9 Å².